The van der Waals surface area contributed by atoms with E-state index in [4.69, 9.17) is 9.84 Å². The Hall–Kier alpha value is -2.83. The lowest BCUT2D eigenvalue weighted by molar-refractivity contribution is -0.122. The van der Waals surface area contributed by atoms with Crippen LogP contribution in [-0.2, 0) is 10.3 Å². The molecule has 1 aromatic carbocycles. The number of methoxy groups -OCH3 is 1. The van der Waals surface area contributed by atoms with Crippen LogP contribution in [0.15, 0.2) is 30.3 Å². The highest BCUT2D eigenvalue weighted by molar-refractivity contribution is 5.97. The number of carbonyl (C=O) groups excluding carboxylic acids is 2. The zero-order chi connectivity index (χ0) is 20.9. The quantitative estimate of drug-likeness (QED) is 0.780. The fourth-order valence-electron chi connectivity index (χ4n) is 4.87. The standard InChI is InChI=1S/C23H28N4O3/c1-16-13-20-26(15-17-7-8-17)21(28)14-23(27(20)24-16)9-11-25(12-10-23)22(29)18-5-3-4-6-19(18)30-2/h3-6,13,17H,7-12,14-15H2,1-2H3. The van der Waals surface area contributed by atoms with Crippen molar-refractivity contribution in [2.45, 2.75) is 44.6 Å². The molecular weight excluding hydrogens is 380 g/mol. The van der Waals surface area contributed by atoms with Gasteiger partial charge in [-0.25, -0.2) is 4.68 Å². The Labute approximate surface area is 176 Å². The van der Waals surface area contributed by atoms with E-state index in [2.05, 4.69) is 4.68 Å². The summed E-state index contributed by atoms with van der Waals surface area (Å²) in [6.07, 6.45) is 4.34. The highest BCUT2D eigenvalue weighted by atomic mass is 16.5. The SMILES string of the molecule is COc1ccccc1C(=O)N1CCC2(CC1)CC(=O)N(CC1CC1)c1cc(C)nn12. The molecule has 30 heavy (non-hydrogen) atoms. The molecule has 1 saturated heterocycles. The van der Waals surface area contributed by atoms with E-state index in [0.717, 1.165) is 30.9 Å². The van der Waals surface area contributed by atoms with Crippen molar-refractivity contribution >= 4 is 17.6 Å². The number of benzene rings is 1. The Bertz CT molecular complexity index is 986. The fourth-order valence-corrected chi connectivity index (χ4v) is 4.87. The number of hydrogen-bond donors (Lipinski definition) is 0. The monoisotopic (exact) mass is 408 g/mol. The number of aromatic nitrogens is 2. The lowest BCUT2D eigenvalue weighted by Gasteiger charge is -2.46. The fraction of sp³-hybridized carbons (Fsp3) is 0.522. The van der Waals surface area contributed by atoms with Crippen molar-refractivity contribution in [3.63, 3.8) is 0 Å². The number of amides is 2. The summed E-state index contributed by atoms with van der Waals surface area (Å²) in [7, 11) is 1.58. The third-order valence-corrected chi connectivity index (χ3v) is 6.78. The van der Waals surface area contributed by atoms with Crippen molar-refractivity contribution in [2.75, 3.05) is 31.6 Å². The van der Waals surface area contributed by atoms with E-state index in [1.165, 1.54) is 12.8 Å². The van der Waals surface area contributed by atoms with Crippen LogP contribution in [0.1, 0.15) is 48.2 Å². The minimum Gasteiger partial charge on any atom is -0.496 e. The molecule has 1 aromatic heterocycles. The van der Waals surface area contributed by atoms with Gasteiger partial charge >= 0.3 is 0 Å². The Morgan fingerprint density at radius 2 is 1.97 bits per heavy atom. The molecule has 1 spiro atoms. The second-order valence-electron chi connectivity index (χ2n) is 8.90. The van der Waals surface area contributed by atoms with Crippen LogP contribution in [0.2, 0.25) is 0 Å². The zero-order valence-electron chi connectivity index (χ0n) is 17.6. The Kier molecular flexibility index (Phi) is 4.56. The van der Waals surface area contributed by atoms with Gasteiger partial charge in [0.1, 0.15) is 11.6 Å². The van der Waals surface area contributed by atoms with Gasteiger partial charge < -0.3 is 9.64 Å². The summed E-state index contributed by atoms with van der Waals surface area (Å²) in [5, 5.41) is 4.80. The normalized spacial score (nSPS) is 20.4. The van der Waals surface area contributed by atoms with Crippen molar-refractivity contribution < 1.29 is 14.3 Å². The number of likely N-dealkylation sites (tertiary alicyclic amines) is 1. The summed E-state index contributed by atoms with van der Waals surface area (Å²) >= 11 is 0. The van der Waals surface area contributed by atoms with Crippen LogP contribution in [0.5, 0.6) is 5.75 Å². The van der Waals surface area contributed by atoms with Crippen LogP contribution in [0, 0.1) is 12.8 Å². The van der Waals surface area contributed by atoms with Gasteiger partial charge in [0.25, 0.3) is 5.91 Å². The molecule has 0 bridgehead atoms. The molecule has 158 valence electrons. The first-order chi connectivity index (χ1) is 14.5. The molecule has 0 N–H and O–H groups in total. The number of para-hydroxylation sites is 1. The van der Waals surface area contributed by atoms with Gasteiger partial charge in [0.2, 0.25) is 5.91 Å². The molecule has 0 atom stereocenters. The molecule has 1 aliphatic carbocycles. The van der Waals surface area contributed by atoms with Crippen molar-refractivity contribution in [1.29, 1.82) is 0 Å². The Morgan fingerprint density at radius 3 is 2.67 bits per heavy atom. The molecule has 0 radical (unpaired) electrons. The maximum atomic E-state index is 13.1. The first-order valence-electron chi connectivity index (χ1n) is 10.8. The van der Waals surface area contributed by atoms with Gasteiger partial charge in [0.05, 0.1) is 30.3 Å². The lowest BCUT2D eigenvalue weighted by atomic mass is 9.82. The third-order valence-electron chi connectivity index (χ3n) is 6.78. The smallest absolute Gasteiger partial charge is 0.257 e. The topological polar surface area (TPSA) is 67.7 Å². The minimum atomic E-state index is -0.335. The number of aryl methyl sites for hydroxylation is 1. The van der Waals surface area contributed by atoms with Crippen molar-refractivity contribution in [3.8, 4) is 5.75 Å². The molecule has 2 aromatic rings. The van der Waals surface area contributed by atoms with Crippen molar-refractivity contribution in [2.24, 2.45) is 5.92 Å². The summed E-state index contributed by atoms with van der Waals surface area (Å²) in [4.78, 5) is 30.0. The van der Waals surface area contributed by atoms with E-state index >= 15 is 0 Å². The molecule has 3 heterocycles. The highest BCUT2D eigenvalue weighted by Crippen LogP contribution is 2.43. The van der Waals surface area contributed by atoms with Crippen LogP contribution in [0.4, 0.5) is 5.82 Å². The molecule has 2 fully saturated rings. The second kappa shape index (κ2) is 7.15. The second-order valence-corrected chi connectivity index (χ2v) is 8.90. The molecular formula is C23H28N4O3. The molecule has 1 saturated carbocycles. The Morgan fingerprint density at radius 1 is 1.23 bits per heavy atom. The van der Waals surface area contributed by atoms with Crippen LogP contribution in [0.25, 0.3) is 0 Å². The molecule has 2 aliphatic heterocycles. The molecule has 7 nitrogen and oxygen atoms in total. The molecule has 3 aliphatic rings. The number of ether oxygens (including phenoxy) is 1. The van der Waals surface area contributed by atoms with E-state index in [-0.39, 0.29) is 17.4 Å². The van der Waals surface area contributed by atoms with Crippen LogP contribution in [0.3, 0.4) is 0 Å². The number of fused-ring (bicyclic) bond motifs is 2. The van der Waals surface area contributed by atoms with Gasteiger partial charge in [-0.15, -0.1) is 0 Å². The van der Waals surface area contributed by atoms with E-state index in [1.807, 2.05) is 41.0 Å². The number of piperidine rings is 1. The van der Waals surface area contributed by atoms with Crippen LogP contribution in [-0.4, -0.2) is 53.2 Å². The van der Waals surface area contributed by atoms with Gasteiger partial charge in [0, 0.05) is 25.7 Å². The Balaban J connectivity index is 1.38. The number of carbonyl (C=O) groups is 2. The predicted octanol–water partition coefficient (Wildman–Crippen LogP) is 2.98. The summed E-state index contributed by atoms with van der Waals surface area (Å²) in [5.74, 6) is 2.33. The molecule has 2 amide bonds. The van der Waals surface area contributed by atoms with Crippen molar-refractivity contribution in [3.05, 3.63) is 41.6 Å². The van der Waals surface area contributed by atoms with Crippen molar-refractivity contribution in [1.82, 2.24) is 14.7 Å². The molecule has 0 unspecified atom stereocenters. The largest absolute Gasteiger partial charge is 0.496 e. The first kappa shape index (κ1) is 19.2. The predicted molar refractivity (Wildman–Crippen MR) is 113 cm³/mol. The maximum absolute atomic E-state index is 13.1. The molecule has 5 rings (SSSR count). The minimum absolute atomic E-state index is 0.0170. The first-order valence-corrected chi connectivity index (χ1v) is 10.8. The van der Waals surface area contributed by atoms with Gasteiger partial charge in [-0.1, -0.05) is 12.1 Å². The van der Waals surface area contributed by atoms with E-state index in [1.54, 1.807) is 13.2 Å². The average molecular weight is 409 g/mol. The van der Waals surface area contributed by atoms with Gasteiger partial charge in [-0.3, -0.25) is 14.5 Å². The summed E-state index contributed by atoms with van der Waals surface area (Å²) in [5.41, 5.74) is 1.19. The summed E-state index contributed by atoms with van der Waals surface area (Å²) in [6, 6.07) is 9.37. The lowest BCUT2D eigenvalue weighted by Crippen LogP contribution is -2.55. The van der Waals surface area contributed by atoms with E-state index in [0.29, 0.717) is 36.7 Å². The zero-order valence-corrected chi connectivity index (χ0v) is 17.6. The van der Waals surface area contributed by atoms with Crippen LogP contribution < -0.4 is 9.64 Å². The van der Waals surface area contributed by atoms with Gasteiger partial charge in [-0.2, -0.15) is 5.10 Å². The average Bonchev–Trinajstić information content (AvgIpc) is 3.49. The molecule has 7 heteroatoms. The maximum Gasteiger partial charge on any atom is 0.257 e. The number of rotatable bonds is 4. The van der Waals surface area contributed by atoms with Crippen LogP contribution >= 0.6 is 0 Å². The van der Waals surface area contributed by atoms with Gasteiger partial charge in [-0.05, 0) is 50.7 Å². The summed E-state index contributed by atoms with van der Waals surface area (Å²) < 4.78 is 7.46. The van der Waals surface area contributed by atoms with Gasteiger partial charge in [0.15, 0.2) is 0 Å². The number of anilines is 1. The number of nitrogens with zero attached hydrogens (tertiary/aromatic N) is 4. The third kappa shape index (κ3) is 3.16. The van der Waals surface area contributed by atoms with E-state index in [9.17, 15) is 9.59 Å². The number of hydrogen-bond acceptors (Lipinski definition) is 4. The highest BCUT2D eigenvalue weighted by Gasteiger charge is 2.47. The summed E-state index contributed by atoms with van der Waals surface area (Å²) in [6.45, 7) is 3.99. The van der Waals surface area contributed by atoms with E-state index < -0.39 is 0 Å².